The highest BCUT2D eigenvalue weighted by atomic mass is 19.1. The molecule has 1 nitrogen and oxygen atoms in total. The van der Waals surface area contributed by atoms with E-state index in [0.717, 1.165) is 11.1 Å². The number of aryl methyl sites for hydroxylation is 1. The number of benzene rings is 1. The van der Waals surface area contributed by atoms with Gasteiger partial charge in [0.15, 0.2) is 0 Å². The second-order valence-corrected chi connectivity index (χ2v) is 4.99. The Kier molecular flexibility index (Phi) is 8.92. The molecule has 0 amide bonds. The fraction of sp³-hybridized carbons (Fsp3) is 0.556. The molecule has 2 unspecified atom stereocenters. The van der Waals surface area contributed by atoms with E-state index >= 15 is 0 Å². The van der Waals surface area contributed by atoms with Crippen LogP contribution in [-0.2, 0) is 0 Å². The monoisotopic (exact) mass is 277 g/mol. The molecule has 0 radical (unpaired) electrons. The fourth-order valence-electron chi connectivity index (χ4n) is 2.68. The van der Waals surface area contributed by atoms with Crippen molar-refractivity contribution in [3.05, 3.63) is 35.1 Å². The van der Waals surface area contributed by atoms with E-state index in [1.54, 1.807) is 6.07 Å². The quantitative estimate of drug-likeness (QED) is 0.714. The summed E-state index contributed by atoms with van der Waals surface area (Å²) in [4.78, 5) is 2.39. The number of rotatable bonds is 2. The zero-order valence-electron chi connectivity index (χ0n) is 13.5. The van der Waals surface area contributed by atoms with Crippen molar-refractivity contribution >= 4 is 0 Å². The molecular weight excluding hydrogens is 249 g/mol. The Hall–Kier alpha value is -1.33. The van der Waals surface area contributed by atoms with E-state index in [9.17, 15) is 4.39 Å². The lowest BCUT2D eigenvalue weighted by atomic mass is 9.91. The number of nitrogens with zero attached hydrogens (tertiary/aromatic N) is 1. The first-order valence-corrected chi connectivity index (χ1v) is 7.39. The van der Waals surface area contributed by atoms with Crippen LogP contribution in [0.1, 0.15) is 50.7 Å². The summed E-state index contributed by atoms with van der Waals surface area (Å²) in [6.07, 6.45) is 10.5. The molecule has 1 aromatic rings. The van der Waals surface area contributed by atoms with E-state index in [1.165, 1.54) is 19.4 Å². The molecule has 0 saturated carbocycles. The number of likely N-dealkylation sites (N-methyl/N-ethyl adjacent to an activating group) is 1. The zero-order valence-corrected chi connectivity index (χ0v) is 13.5. The Balaban J connectivity index is 0.000000829. The molecule has 112 valence electrons. The predicted molar refractivity (Wildman–Crippen MR) is 86.4 cm³/mol. The number of hydrogen-bond acceptors (Lipinski definition) is 1. The van der Waals surface area contributed by atoms with Crippen molar-refractivity contribution in [1.82, 2.24) is 4.90 Å². The van der Waals surface area contributed by atoms with Gasteiger partial charge in [0.2, 0.25) is 0 Å². The van der Waals surface area contributed by atoms with Crippen molar-refractivity contribution in [1.29, 1.82) is 0 Å². The first kappa shape index (κ1) is 18.7. The van der Waals surface area contributed by atoms with Crippen molar-refractivity contribution < 1.29 is 4.39 Å². The number of halogens is 1. The topological polar surface area (TPSA) is 3.24 Å². The summed E-state index contributed by atoms with van der Waals surface area (Å²) < 4.78 is 13.5. The van der Waals surface area contributed by atoms with E-state index in [4.69, 9.17) is 0 Å². The third-order valence-electron chi connectivity index (χ3n) is 3.88. The third-order valence-corrected chi connectivity index (χ3v) is 3.88. The molecule has 2 rings (SSSR count). The lowest BCUT2D eigenvalue weighted by Gasteiger charge is -2.26. The summed E-state index contributed by atoms with van der Waals surface area (Å²) >= 11 is 0. The highest BCUT2D eigenvalue weighted by Crippen LogP contribution is 2.30. The number of hydrogen-bond donors (Lipinski definition) is 0. The van der Waals surface area contributed by atoms with Crippen molar-refractivity contribution in [2.75, 3.05) is 13.6 Å². The normalized spacial score (nSPS) is 19.3. The minimum Gasteiger partial charge on any atom is -0.303 e. The van der Waals surface area contributed by atoms with Gasteiger partial charge in [-0.25, -0.2) is 4.39 Å². The van der Waals surface area contributed by atoms with Gasteiger partial charge in [0, 0.05) is 6.04 Å². The zero-order chi connectivity index (χ0) is 15.7. The molecule has 1 aliphatic heterocycles. The van der Waals surface area contributed by atoms with E-state index in [-0.39, 0.29) is 5.82 Å². The molecule has 2 atom stereocenters. The molecule has 0 bridgehead atoms. The Morgan fingerprint density at radius 2 is 1.90 bits per heavy atom. The Bertz CT molecular complexity index is 411. The Morgan fingerprint density at radius 1 is 1.30 bits per heavy atom. The highest BCUT2D eigenvalue weighted by Gasteiger charge is 2.27. The predicted octanol–water partition coefficient (Wildman–Crippen LogP) is 4.61. The second-order valence-electron chi connectivity index (χ2n) is 4.99. The summed E-state index contributed by atoms with van der Waals surface area (Å²) in [5, 5.41) is 0. The summed E-state index contributed by atoms with van der Waals surface area (Å²) in [7, 11) is 2.17. The van der Waals surface area contributed by atoms with Gasteiger partial charge in [-0.05, 0) is 56.5 Å². The van der Waals surface area contributed by atoms with Gasteiger partial charge in [-0.2, -0.15) is 0 Å². The average molecular weight is 277 g/mol. The van der Waals surface area contributed by atoms with E-state index in [2.05, 4.69) is 37.8 Å². The van der Waals surface area contributed by atoms with Crippen LogP contribution in [0.3, 0.4) is 0 Å². The van der Waals surface area contributed by atoms with Gasteiger partial charge < -0.3 is 4.90 Å². The van der Waals surface area contributed by atoms with Crippen LogP contribution in [0.25, 0.3) is 0 Å². The molecular formula is C18H28FN. The van der Waals surface area contributed by atoms with Crippen LogP contribution >= 0.6 is 0 Å². The van der Waals surface area contributed by atoms with Gasteiger partial charge in [0.25, 0.3) is 0 Å². The Morgan fingerprint density at radius 3 is 2.35 bits per heavy atom. The van der Waals surface area contributed by atoms with Crippen molar-refractivity contribution in [2.24, 2.45) is 0 Å². The van der Waals surface area contributed by atoms with Gasteiger partial charge in [-0.1, -0.05) is 32.9 Å². The maximum atomic E-state index is 13.5. The van der Waals surface area contributed by atoms with Crippen LogP contribution in [-0.4, -0.2) is 24.5 Å². The van der Waals surface area contributed by atoms with Gasteiger partial charge >= 0.3 is 0 Å². The van der Waals surface area contributed by atoms with Gasteiger partial charge in [-0.3, -0.25) is 0 Å². The van der Waals surface area contributed by atoms with Crippen molar-refractivity contribution in [3.8, 4) is 12.8 Å². The molecule has 1 saturated heterocycles. The molecule has 0 aromatic heterocycles. The van der Waals surface area contributed by atoms with Gasteiger partial charge in [-0.15, -0.1) is 12.8 Å². The number of terminal acetylenes is 1. The van der Waals surface area contributed by atoms with Crippen LogP contribution in [0.2, 0.25) is 0 Å². The average Bonchev–Trinajstić information content (AvgIpc) is 2.91. The van der Waals surface area contributed by atoms with Gasteiger partial charge in [0.05, 0.1) is 0 Å². The van der Waals surface area contributed by atoms with Crippen LogP contribution in [0.5, 0.6) is 0 Å². The van der Waals surface area contributed by atoms with Crippen molar-refractivity contribution in [3.63, 3.8) is 0 Å². The third kappa shape index (κ3) is 4.65. The summed E-state index contributed by atoms with van der Waals surface area (Å²) in [6, 6.07) is 6.22. The molecule has 1 fully saturated rings. The first-order chi connectivity index (χ1) is 9.59. The largest absolute Gasteiger partial charge is 0.303 e. The summed E-state index contributed by atoms with van der Waals surface area (Å²) in [5.41, 5.74) is 1.86. The summed E-state index contributed by atoms with van der Waals surface area (Å²) in [5.74, 6) is 0.340. The maximum absolute atomic E-state index is 13.5. The smallest absolute Gasteiger partial charge is 0.126 e. The highest BCUT2D eigenvalue weighted by molar-refractivity contribution is 5.27. The fourth-order valence-corrected chi connectivity index (χ4v) is 2.68. The maximum Gasteiger partial charge on any atom is 0.126 e. The van der Waals surface area contributed by atoms with Crippen LogP contribution in [0, 0.1) is 25.6 Å². The minimum atomic E-state index is -0.0787. The second kappa shape index (κ2) is 9.55. The van der Waals surface area contributed by atoms with Crippen LogP contribution < -0.4 is 0 Å². The Labute approximate surface area is 124 Å². The van der Waals surface area contributed by atoms with Gasteiger partial charge in [0.1, 0.15) is 5.82 Å². The van der Waals surface area contributed by atoms with Crippen LogP contribution in [0.15, 0.2) is 18.2 Å². The van der Waals surface area contributed by atoms with E-state index < -0.39 is 0 Å². The first-order valence-electron chi connectivity index (χ1n) is 7.39. The summed E-state index contributed by atoms with van der Waals surface area (Å²) in [6.45, 7) is 9.19. The minimum absolute atomic E-state index is 0.0787. The molecule has 20 heavy (non-hydrogen) atoms. The molecule has 0 spiro atoms. The molecule has 2 heteroatoms. The molecule has 0 N–H and O–H groups in total. The molecule has 1 heterocycles. The lowest BCUT2D eigenvalue weighted by Crippen LogP contribution is -2.29. The molecule has 0 aliphatic carbocycles. The lowest BCUT2D eigenvalue weighted by molar-refractivity contribution is 0.278. The van der Waals surface area contributed by atoms with Crippen molar-refractivity contribution in [2.45, 2.75) is 52.5 Å². The number of likely N-dealkylation sites (tertiary alicyclic amines) is 1. The SMILES string of the molecule is C#C.CC.Cc1ccc(C(C)C2CCCN2C)cc1F. The molecule has 1 aliphatic rings. The van der Waals surface area contributed by atoms with Crippen LogP contribution in [0.4, 0.5) is 4.39 Å². The standard InChI is InChI=1S/C14H20FN.C2H6.C2H2/c1-10-6-7-12(9-13(10)15)11(2)14-5-4-8-16(14)3;2*1-2/h6-7,9,11,14H,4-5,8H2,1-3H3;1-2H3;1-2H. The van der Waals surface area contributed by atoms with E-state index in [1.807, 2.05) is 26.8 Å². The molecule has 1 aromatic carbocycles. The van der Waals surface area contributed by atoms with E-state index in [0.29, 0.717) is 12.0 Å².